The van der Waals surface area contributed by atoms with Gasteiger partial charge in [0.25, 0.3) is 0 Å². The second-order valence-electron chi connectivity index (χ2n) is 5.40. The number of hydrogen-bond acceptors (Lipinski definition) is 9. The molecule has 0 saturated carbocycles. The van der Waals surface area contributed by atoms with Crippen molar-refractivity contribution in [2.45, 2.75) is 6.61 Å². The standard InChI is InChI=1S/C17H14N6OS2/c18-16-22-20-14(25-16)11-3-1-10(2-4-11)9-24-13-7-5-12(6-8-13)15-21-23-17(19)26-15/h1-8H,9H2,(H2,18,22)(H2,19,23). The second-order valence-corrected chi connectivity index (χ2v) is 7.42. The molecule has 4 N–H and O–H groups in total. The average Bonchev–Trinajstić information content (AvgIpc) is 3.29. The molecule has 9 heteroatoms. The number of nitrogens with two attached hydrogens (primary N) is 2. The van der Waals surface area contributed by atoms with E-state index >= 15 is 0 Å². The Kier molecular flexibility index (Phi) is 4.46. The third kappa shape index (κ3) is 3.63. The smallest absolute Gasteiger partial charge is 0.203 e. The summed E-state index contributed by atoms with van der Waals surface area (Å²) >= 11 is 2.72. The highest BCUT2D eigenvalue weighted by Crippen LogP contribution is 2.27. The van der Waals surface area contributed by atoms with Gasteiger partial charge in [-0.1, -0.05) is 46.9 Å². The van der Waals surface area contributed by atoms with Gasteiger partial charge in [0.2, 0.25) is 10.3 Å². The van der Waals surface area contributed by atoms with Crippen LogP contribution in [-0.2, 0) is 6.61 Å². The van der Waals surface area contributed by atoms with Crippen molar-refractivity contribution < 1.29 is 4.74 Å². The van der Waals surface area contributed by atoms with E-state index in [1.165, 1.54) is 22.7 Å². The molecule has 0 fully saturated rings. The van der Waals surface area contributed by atoms with Crippen molar-refractivity contribution in [1.29, 1.82) is 0 Å². The molecule has 0 unspecified atom stereocenters. The maximum Gasteiger partial charge on any atom is 0.203 e. The van der Waals surface area contributed by atoms with Crippen LogP contribution < -0.4 is 16.2 Å². The van der Waals surface area contributed by atoms with Crippen LogP contribution in [0.25, 0.3) is 21.1 Å². The monoisotopic (exact) mass is 382 g/mol. The van der Waals surface area contributed by atoms with Crippen LogP contribution in [0.5, 0.6) is 5.75 Å². The van der Waals surface area contributed by atoms with Gasteiger partial charge in [-0.15, -0.1) is 20.4 Å². The quantitative estimate of drug-likeness (QED) is 0.543. The summed E-state index contributed by atoms with van der Waals surface area (Å²) in [5, 5.41) is 18.2. The van der Waals surface area contributed by atoms with Crippen molar-refractivity contribution in [2.24, 2.45) is 0 Å². The second kappa shape index (κ2) is 7.06. The van der Waals surface area contributed by atoms with Crippen LogP contribution in [0.15, 0.2) is 48.5 Å². The number of anilines is 2. The van der Waals surface area contributed by atoms with Crippen LogP contribution in [-0.4, -0.2) is 20.4 Å². The fourth-order valence-corrected chi connectivity index (χ4v) is 3.54. The molecule has 4 rings (SSSR count). The molecule has 0 saturated heterocycles. The Bertz CT molecular complexity index is 927. The Labute approximate surface area is 157 Å². The van der Waals surface area contributed by atoms with Gasteiger partial charge in [0.1, 0.15) is 22.4 Å². The fourth-order valence-electron chi connectivity index (χ4n) is 2.31. The zero-order valence-electron chi connectivity index (χ0n) is 13.5. The molecule has 7 nitrogen and oxygen atoms in total. The molecular weight excluding hydrogens is 368 g/mol. The molecule has 4 aromatic rings. The molecule has 0 spiro atoms. The highest BCUT2D eigenvalue weighted by Gasteiger charge is 2.06. The van der Waals surface area contributed by atoms with E-state index in [4.69, 9.17) is 16.2 Å². The molecule has 26 heavy (non-hydrogen) atoms. The Morgan fingerprint density at radius 3 is 1.65 bits per heavy atom. The molecule has 0 aliphatic carbocycles. The number of nitrogens with zero attached hydrogens (tertiary/aromatic N) is 4. The van der Waals surface area contributed by atoms with Crippen molar-refractivity contribution in [3.8, 4) is 26.9 Å². The lowest BCUT2D eigenvalue weighted by molar-refractivity contribution is 0.306. The molecule has 0 amide bonds. The highest BCUT2D eigenvalue weighted by molar-refractivity contribution is 7.18. The van der Waals surface area contributed by atoms with Crippen molar-refractivity contribution >= 4 is 32.9 Å². The normalized spacial score (nSPS) is 10.8. The molecule has 0 atom stereocenters. The van der Waals surface area contributed by atoms with Gasteiger partial charge in [-0.25, -0.2) is 0 Å². The van der Waals surface area contributed by atoms with Gasteiger partial charge >= 0.3 is 0 Å². The maximum atomic E-state index is 5.84. The van der Waals surface area contributed by atoms with Crippen LogP contribution in [0.3, 0.4) is 0 Å². The van der Waals surface area contributed by atoms with Crippen molar-refractivity contribution in [3.63, 3.8) is 0 Å². The van der Waals surface area contributed by atoms with Gasteiger partial charge < -0.3 is 16.2 Å². The molecule has 2 heterocycles. The lowest BCUT2D eigenvalue weighted by atomic mass is 10.1. The van der Waals surface area contributed by atoms with Crippen LogP contribution in [0.1, 0.15) is 5.56 Å². The Morgan fingerprint density at radius 1 is 0.692 bits per heavy atom. The molecule has 130 valence electrons. The number of aromatic nitrogens is 4. The molecule has 2 aromatic carbocycles. The molecule has 0 aliphatic heterocycles. The van der Waals surface area contributed by atoms with Crippen molar-refractivity contribution in [2.75, 3.05) is 11.5 Å². The number of rotatable bonds is 5. The molecule has 0 bridgehead atoms. The molecule has 2 aromatic heterocycles. The first-order valence-electron chi connectivity index (χ1n) is 7.68. The summed E-state index contributed by atoms with van der Waals surface area (Å²) < 4.78 is 5.84. The van der Waals surface area contributed by atoms with Crippen molar-refractivity contribution in [1.82, 2.24) is 20.4 Å². The van der Waals surface area contributed by atoms with E-state index in [0.717, 1.165) is 32.5 Å². The minimum atomic E-state index is 0.458. The molecular formula is C17H14N6OS2. The van der Waals surface area contributed by atoms with Gasteiger partial charge in [-0.3, -0.25) is 0 Å². The van der Waals surface area contributed by atoms with Crippen LogP contribution in [0.2, 0.25) is 0 Å². The highest BCUT2D eigenvalue weighted by atomic mass is 32.1. The van der Waals surface area contributed by atoms with Crippen molar-refractivity contribution in [3.05, 3.63) is 54.1 Å². The van der Waals surface area contributed by atoms with E-state index < -0.39 is 0 Å². The summed E-state index contributed by atoms with van der Waals surface area (Å²) in [5.41, 5.74) is 14.2. The average molecular weight is 382 g/mol. The molecule has 0 aliphatic rings. The maximum absolute atomic E-state index is 5.84. The Morgan fingerprint density at radius 2 is 1.19 bits per heavy atom. The third-order valence-corrected chi connectivity index (χ3v) is 5.19. The Balaban J connectivity index is 1.39. The van der Waals surface area contributed by atoms with E-state index in [1.807, 2.05) is 48.5 Å². The van der Waals surface area contributed by atoms with Gasteiger partial charge in [-0.05, 0) is 29.8 Å². The zero-order chi connectivity index (χ0) is 17.9. The van der Waals surface area contributed by atoms with Crippen LogP contribution in [0.4, 0.5) is 10.3 Å². The van der Waals surface area contributed by atoms with Gasteiger partial charge in [0.05, 0.1) is 0 Å². The third-order valence-electron chi connectivity index (χ3n) is 3.59. The first-order chi connectivity index (χ1) is 12.7. The lowest BCUT2D eigenvalue weighted by Crippen LogP contribution is -1.95. The van der Waals surface area contributed by atoms with Crippen LogP contribution >= 0.6 is 22.7 Å². The summed E-state index contributed by atoms with van der Waals surface area (Å²) in [7, 11) is 0. The molecule has 0 radical (unpaired) electrons. The minimum Gasteiger partial charge on any atom is -0.489 e. The zero-order valence-corrected chi connectivity index (χ0v) is 15.1. The minimum absolute atomic E-state index is 0.458. The van der Waals surface area contributed by atoms with E-state index in [2.05, 4.69) is 20.4 Å². The van der Waals surface area contributed by atoms with E-state index in [9.17, 15) is 0 Å². The fraction of sp³-hybridized carbons (Fsp3) is 0.0588. The van der Waals surface area contributed by atoms with E-state index in [1.54, 1.807) is 0 Å². The summed E-state index contributed by atoms with van der Waals surface area (Å²) in [6.45, 7) is 0.476. The first kappa shape index (κ1) is 16.4. The largest absolute Gasteiger partial charge is 0.489 e. The summed E-state index contributed by atoms with van der Waals surface area (Å²) in [4.78, 5) is 0. The predicted molar refractivity (Wildman–Crippen MR) is 104 cm³/mol. The number of benzene rings is 2. The number of ether oxygens (including phenoxy) is 1. The topological polar surface area (TPSA) is 113 Å². The summed E-state index contributed by atoms with van der Waals surface area (Å²) in [6.07, 6.45) is 0. The predicted octanol–water partition coefficient (Wildman–Crippen LogP) is 3.47. The lowest BCUT2D eigenvalue weighted by Gasteiger charge is -2.07. The Hall–Kier alpha value is -3.04. The summed E-state index contributed by atoms with van der Waals surface area (Å²) in [6, 6.07) is 15.7. The SMILES string of the molecule is Nc1nnc(-c2ccc(COc3ccc(-c4nnc(N)s4)cc3)cc2)s1. The van der Waals surface area contributed by atoms with E-state index in [-0.39, 0.29) is 0 Å². The van der Waals surface area contributed by atoms with Gasteiger partial charge in [-0.2, -0.15) is 0 Å². The number of hydrogen-bond donors (Lipinski definition) is 2. The number of nitrogen functional groups attached to an aromatic ring is 2. The van der Waals surface area contributed by atoms with Crippen LogP contribution in [0, 0.1) is 0 Å². The first-order valence-corrected chi connectivity index (χ1v) is 9.31. The van der Waals surface area contributed by atoms with Gasteiger partial charge in [0.15, 0.2) is 0 Å². The van der Waals surface area contributed by atoms with E-state index in [0.29, 0.717) is 16.9 Å². The summed E-state index contributed by atoms with van der Waals surface area (Å²) in [5.74, 6) is 0.784. The van der Waals surface area contributed by atoms with Gasteiger partial charge in [0, 0.05) is 11.1 Å².